The largest absolute Gasteiger partial charge is 0.0622 e. The van der Waals surface area contributed by atoms with Gasteiger partial charge in [0.15, 0.2) is 0 Å². The molecule has 0 nitrogen and oxygen atoms in total. The Kier molecular flexibility index (Phi) is 8.32. The molecule has 199 valence electrons. The molecule has 2 fully saturated rings. The highest BCUT2D eigenvalue weighted by Gasteiger charge is 2.28. The monoisotopic (exact) mass is 529 g/mol. The number of hydrogen-bond donors (Lipinski definition) is 0. The van der Waals surface area contributed by atoms with Gasteiger partial charge in [-0.05, 0) is 115 Å². The molecule has 0 unspecified atom stereocenters. The van der Waals surface area contributed by atoms with E-state index in [0.29, 0.717) is 5.92 Å². The maximum atomic E-state index is 4.21. The van der Waals surface area contributed by atoms with Crippen molar-refractivity contribution in [2.24, 2.45) is 0 Å². The minimum Gasteiger partial charge on any atom is -0.0622 e. The van der Waals surface area contributed by atoms with Crippen LogP contribution >= 0.6 is 7.92 Å². The van der Waals surface area contributed by atoms with E-state index in [-0.39, 0.29) is 0 Å². The van der Waals surface area contributed by atoms with Gasteiger partial charge in [0.2, 0.25) is 0 Å². The average molecular weight is 530 g/mol. The van der Waals surface area contributed by atoms with Gasteiger partial charge in [-0.25, -0.2) is 0 Å². The molecule has 4 aromatic carbocycles. The Morgan fingerprint density at radius 1 is 0.590 bits per heavy atom. The zero-order chi connectivity index (χ0) is 26.6. The van der Waals surface area contributed by atoms with Crippen LogP contribution in [0.5, 0.6) is 0 Å². The van der Waals surface area contributed by atoms with E-state index in [1.165, 1.54) is 102 Å². The molecular weight excluding hydrogens is 487 g/mol. The first-order valence-corrected chi connectivity index (χ1v) is 16.6. The maximum absolute atomic E-state index is 4.21. The molecule has 2 aliphatic rings. The van der Waals surface area contributed by atoms with Crippen molar-refractivity contribution >= 4 is 23.8 Å². The summed E-state index contributed by atoms with van der Waals surface area (Å²) in [5.41, 5.74) is 8.75. The fourth-order valence-electron chi connectivity index (χ4n) is 7.17. The second-order valence-corrected chi connectivity index (χ2v) is 14.0. The first-order valence-electron chi connectivity index (χ1n) is 15.3. The van der Waals surface area contributed by atoms with Crippen molar-refractivity contribution in [3.8, 4) is 11.1 Å². The van der Waals surface area contributed by atoms with Crippen LogP contribution in [0.2, 0.25) is 0 Å². The molecule has 2 aliphatic carbocycles. The van der Waals surface area contributed by atoms with E-state index < -0.39 is 7.92 Å². The molecule has 0 spiro atoms. The van der Waals surface area contributed by atoms with Crippen molar-refractivity contribution in [1.29, 1.82) is 0 Å². The molecule has 0 atom stereocenters. The van der Waals surface area contributed by atoms with E-state index in [1.54, 1.807) is 11.1 Å². The smallest absolute Gasteiger partial charge is 0.00553 e. The van der Waals surface area contributed by atoms with E-state index in [0.717, 1.165) is 5.92 Å². The summed E-state index contributed by atoms with van der Waals surface area (Å²) in [5.74, 6) is 1.40. The lowest BCUT2D eigenvalue weighted by atomic mass is 9.74. The van der Waals surface area contributed by atoms with Gasteiger partial charge in [-0.3, -0.25) is 0 Å². The Labute approximate surface area is 237 Å². The zero-order valence-electron chi connectivity index (χ0n) is 23.8. The molecule has 1 heteroatoms. The Morgan fingerprint density at radius 3 is 1.74 bits per heavy atom. The van der Waals surface area contributed by atoms with Crippen LogP contribution in [0.4, 0.5) is 0 Å². The SMILES string of the molecule is Cc1cc(C2CCCCC2)c(C2CCCCC2)[c]c1-c1c(C)cccc1P(c1ccccc1)c1ccccc1. The molecule has 0 heterocycles. The molecule has 4 aromatic rings. The minimum atomic E-state index is -0.683. The fourth-order valence-corrected chi connectivity index (χ4v) is 9.72. The summed E-state index contributed by atoms with van der Waals surface area (Å²) in [6.07, 6.45) is 13.7. The normalized spacial score (nSPS) is 17.0. The zero-order valence-corrected chi connectivity index (χ0v) is 24.7. The predicted octanol–water partition coefficient (Wildman–Crippen LogP) is 9.62. The van der Waals surface area contributed by atoms with Gasteiger partial charge in [0.25, 0.3) is 0 Å². The number of hydrogen-bond acceptors (Lipinski definition) is 0. The molecule has 6 rings (SSSR count). The van der Waals surface area contributed by atoms with E-state index in [4.69, 9.17) is 0 Å². The van der Waals surface area contributed by atoms with Crippen LogP contribution in [-0.4, -0.2) is 0 Å². The van der Waals surface area contributed by atoms with Crippen molar-refractivity contribution in [3.05, 3.63) is 113 Å². The average Bonchev–Trinajstić information content (AvgIpc) is 3.00. The second-order valence-electron chi connectivity index (χ2n) is 11.8. The predicted molar refractivity (Wildman–Crippen MR) is 171 cm³/mol. The van der Waals surface area contributed by atoms with Crippen LogP contribution in [-0.2, 0) is 0 Å². The van der Waals surface area contributed by atoms with Crippen LogP contribution in [0.1, 0.15) is 98.3 Å². The van der Waals surface area contributed by atoms with Gasteiger partial charge in [0.1, 0.15) is 0 Å². The Morgan fingerprint density at radius 2 is 1.15 bits per heavy atom. The molecule has 0 amide bonds. The summed E-state index contributed by atoms with van der Waals surface area (Å²) in [5, 5.41) is 4.28. The van der Waals surface area contributed by atoms with Crippen LogP contribution in [0, 0.1) is 19.9 Å². The van der Waals surface area contributed by atoms with Gasteiger partial charge in [0, 0.05) is 0 Å². The quantitative estimate of drug-likeness (QED) is 0.218. The van der Waals surface area contributed by atoms with E-state index in [2.05, 4.69) is 105 Å². The van der Waals surface area contributed by atoms with E-state index >= 15 is 0 Å². The molecule has 0 aliphatic heterocycles. The third-order valence-electron chi connectivity index (χ3n) is 9.17. The summed E-state index contributed by atoms with van der Waals surface area (Å²) in [4.78, 5) is 0. The van der Waals surface area contributed by atoms with Crippen molar-refractivity contribution in [3.63, 3.8) is 0 Å². The Hall–Kier alpha value is -2.69. The molecular formula is C38H42P. The summed E-state index contributed by atoms with van der Waals surface area (Å²) in [7, 11) is -0.683. The summed E-state index contributed by atoms with van der Waals surface area (Å²) < 4.78 is 0. The molecule has 39 heavy (non-hydrogen) atoms. The highest BCUT2D eigenvalue weighted by Crippen LogP contribution is 2.45. The minimum absolute atomic E-state index is 0.673. The molecule has 0 bridgehead atoms. The van der Waals surface area contributed by atoms with Crippen LogP contribution < -0.4 is 15.9 Å². The summed E-state index contributed by atoms with van der Waals surface area (Å²) >= 11 is 0. The van der Waals surface area contributed by atoms with Crippen LogP contribution in [0.3, 0.4) is 0 Å². The fraction of sp³-hybridized carbons (Fsp3) is 0.368. The standard InChI is InChI=1S/C38H42P/c1-28-16-15-25-37(39(32-21-11-5-12-22-32)33-23-13-6-14-24-33)38(28)34-27-36(31-19-9-4-10-20-31)35(26-29(34)2)30-17-7-3-8-18-30/h5-6,11-16,21-26,30-31H,3-4,7-10,17-20H2,1-2H3. The van der Waals surface area contributed by atoms with Gasteiger partial charge < -0.3 is 0 Å². The lowest BCUT2D eigenvalue weighted by Crippen LogP contribution is -2.23. The van der Waals surface area contributed by atoms with E-state index in [9.17, 15) is 0 Å². The number of aryl methyl sites for hydroxylation is 2. The first kappa shape index (κ1) is 26.5. The molecule has 0 N–H and O–H groups in total. The van der Waals surface area contributed by atoms with Crippen molar-refractivity contribution in [1.82, 2.24) is 0 Å². The highest BCUT2D eigenvalue weighted by molar-refractivity contribution is 7.80. The summed E-state index contributed by atoms with van der Waals surface area (Å²) in [6.45, 7) is 4.66. The second kappa shape index (κ2) is 12.2. The third kappa shape index (κ3) is 5.64. The Bertz CT molecular complexity index is 1340. The van der Waals surface area contributed by atoms with Gasteiger partial charge in [-0.15, -0.1) is 0 Å². The third-order valence-corrected chi connectivity index (χ3v) is 11.6. The molecule has 0 aromatic heterocycles. The van der Waals surface area contributed by atoms with Gasteiger partial charge in [0.05, 0.1) is 0 Å². The van der Waals surface area contributed by atoms with Crippen molar-refractivity contribution < 1.29 is 0 Å². The highest BCUT2D eigenvalue weighted by atomic mass is 31.1. The molecule has 1 radical (unpaired) electrons. The van der Waals surface area contributed by atoms with Crippen LogP contribution in [0.25, 0.3) is 11.1 Å². The van der Waals surface area contributed by atoms with Crippen molar-refractivity contribution in [2.45, 2.75) is 89.9 Å². The maximum Gasteiger partial charge on any atom is -0.00553 e. The van der Waals surface area contributed by atoms with Crippen LogP contribution in [0.15, 0.2) is 84.9 Å². The lowest BCUT2D eigenvalue weighted by Gasteiger charge is -2.31. The van der Waals surface area contributed by atoms with Gasteiger partial charge in [-0.2, -0.15) is 0 Å². The Balaban J connectivity index is 1.54. The van der Waals surface area contributed by atoms with Crippen molar-refractivity contribution in [2.75, 3.05) is 0 Å². The number of rotatable bonds is 6. The summed E-state index contributed by atoms with van der Waals surface area (Å²) in [6, 6.07) is 36.1. The molecule has 0 saturated heterocycles. The first-order chi connectivity index (χ1) is 19.2. The number of benzene rings is 4. The van der Waals surface area contributed by atoms with Gasteiger partial charge in [-0.1, -0.05) is 123 Å². The lowest BCUT2D eigenvalue weighted by molar-refractivity contribution is 0.418. The van der Waals surface area contributed by atoms with Gasteiger partial charge >= 0.3 is 0 Å². The van der Waals surface area contributed by atoms with E-state index in [1.807, 2.05) is 0 Å². The topological polar surface area (TPSA) is 0 Å². The molecule has 2 saturated carbocycles.